The lowest BCUT2D eigenvalue weighted by Crippen LogP contribution is -2.00. The van der Waals surface area contributed by atoms with Gasteiger partial charge in [0.2, 0.25) is 0 Å². The maximum atomic E-state index is 6.11. The van der Waals surface area contributed by atoms with Gasteiger partial charge in [-0.05, 0) is 42.5 Å². The van der Waals surface area contributed by atoms with Crippen LogP contribution < -0.4 is 5.73 Å². The van der Waals surface area contributed by atoms with Crippen LogP contribution in [-0.4, -0.2) is 14.1 Å². The van der Waals surface area contributed by atoms with Crippen molar-refractivity contribution < 1.29 is 0 Å². The number of rotatable bonds is 2. The van der Waals surface area contributed by atoms with Gasteiger partial charge in [-0.3, -0.25) is 4.57 Å². The first kappa shape index (κ1) is 18.0. The van der Waals surface area contributed by atoms with Crippen LogP contribution in [-0.2, 0) is 0 Å². The maximum Gasteiger partial charge on any atom is 0.140 e. The highest BCUT2D eigenvalue weighted by Crippen LogP contribution is 2.41. The van der Waals surface area contributed by atoms with Crippen LogP contribution in [0.15, 0.2) is 109 Å². The van der Waals surface area contributed by atoms with Crippen molar-refractivity contribution in [3.8, 4) is 11.5 Å². The first-order valence-corrected chi connectivity index (χ1v) is 11.0. The van der Waals surface area contributed by atoms with E-state index in [-0.39, 0.29) is 0 Å². The van der Waals surface area contributed by atoms with Crippen LogP contribution >= 0.6 is 0 Å². The molecule has 0 saturated carbocycles. The summed E-state index contributed by atoms with van der Waals surface area (Å²) in [7, 11) is 0. The number of para-hydroxylation sites is 3. The lowest BCUT2D eigenvalue weighted by molar-refractivity contribution is 1.09. The number of nitrogens with two attached hydrogens (primary N) is 1. The zero-order valence-corrected chi connectivity index (χ0v) is 17.8. The van der Waals surface area contributed by atoms with Gasteiger partial charge in [0.05, 0.1) is 22.1 Å². The summed E-state index contributed by atoms with van der Waals surface area (Å²) in [5.41, 5.74) is 11.9. The summed E-state index contributed by atoms with van der Waals surface area (Å²) in [5, 5.41) is 4.84. The molecule has 0 unspecified atom stereocenters. The van der Waals surface area contributed by atoms with Gasteiger partial charge in [0.25, 0.3) is 0 Å². The zero-order valence-electron chi connectivity index (χ0n) is 17.8. The number of fused-ring (bicyclic) bond motifs is 7. The van der Waals surface area contributed by atoms with Crippen LogP contribution in [0.25, 0.3) is 55.1 Å². The van der Waals surface area contributed by atoms with Crippen LogP contribution in [0.5, 0.6) is 0 Å². The van der Waals surface area contributed by atoms with Crippen molar-refractivity contribution in [3.63, 3.8) is 0 Å². The summed E-state index contributed by atoms with van der Waals surface area (Å²) in [4.78, 5) is 4.70. The molecule has 4 nitrogen and oxygen atoms in total. The van der Waals surface area contributed by atoms with E-state index in [0.717, 1.165) is 22.5 Å². The van der Waals surface area contributed by atoms with Gasteiger partial charge in [0.15, 0.2) is 0 Å². The Balaban J connectivity index is 1.76. The van der Waals surface area contributed by atoms with Gasteiger partial charge in [-0.1, -0.05) is 66.7 Å². The molecule has 0 amide bonds. The molecule has 0 fully saturated rings. The van der Waals surface area contributed by atoms with Gasteiger partial charge in [-0.2, -0.15) is 0 Å². The van der Waals surface area contributed by atoms with Crippen LogP contribution in [0.4, 0.5) is 5.82 Å². The Labute approximate surface area is 190 Å². The van der Waals surface area contributed by atoms with E-state index in [1.54, 1.807) is 0 Å². The Morgan fingerprint density at radius 1 is 0.515 bits per heavy atom. The number of anilines is 1. The number of nitrogens with zero attached hydrogens (tertiary/aromatic N) is 3. The summed E-state index contributed by atoms with van der Waals surface area (Å²) in [6, 6.07) is 38.0. The van der Waals surface area contributed by atoms with E-state index in [1.807, 2.05) is 18.2 Å². The smallest absolute Gasteiger partial charge is 0.140 e. The highest BCUT2D eigenvalue weighted by atomic mass is 15.1. The first-order valence-electron chi connectivity index (χ1n) is 11.0. The van der Waals surface area contributed by atoms with Gasteiger partial charge >= 0.3 is 0 Å². The number of nitrogen functional groups attached to an aromatic ring is 1. The molecule has 3 aromatic heterocycles. The molecule has 2 N–H and O–H groups in total. The van der Waals surface area contributed by atoms with Gasteiger partial charge in [0, 0.05) is 27.2 Å². The molecular weight excluding hydrogens is 404 g/mol. The van der Waals surface area contributed by atoms with E-state index in [2.05, 4.69) is 100 Å². The standard InChI is InChI=1S/C29H20N4/c30-26-15-8-16-27(31-26)33-23-13-6-4-11-20(23)21-17-18-25-28(29(21)33)22-12-5-7-14-24(22)32(25)19-9-2-1-3-10-19/h1-18H,(H2,30,31). The van der Waals surface area contributed by atoms with Crippen molar-refractivity contribution in [3.05, 3.63) is 109 Å². The number of hydrogen-bond donors (Lipinski definition) is 1. The molecule has 33 heavy (non-hydrogen) atoms. The van der Waals surface area contributed by atoms with E-state index < -0.39 is 0 Å². The number of aromatic nitrogens is 3. The third kappa shape index (κ3) is 2.49. The Kier molecular flexibility index (Phi) is 3.67. The van der Waals surface area contributed by atoms with Crippen molar-refractivity contribution in [1.82, 2.24) is 14.1 Å². The monoisotopic (exact) mass is 424 g/mol. The minimum absolute atomic E-state index is 0.511. The predicted octanol–water partition coefficient (Wildman–Crippen LogP) is 6.86. The molecular formula is C29H20N4. The van der Waals surface area contributed by atoms with Crippen molar-refractivity contribution in [2.75, 3.05) is 5.73 Å². The molecule has 0 spiro atoms. The minimum Gasteiger partial charge on any atom is -0.384 e. The van der Waals surface area contributed by atoms with Crippen LogP contribution in [0.3, 0.4) is 0 Å². The molecule has 0 atom stereocenters. The van der Waals surface area contributed by atoms with Gasteiger partial charge < -0.3 is 10.3 Å². The normalized spacial score (nSPS) is 11.8. The third-order valence-corrected chi connectivity index (χ3v) is 6.47. The van der Waals surface area contributed by atoms with E-state index in [0.29, 0.717) is 5.82 Å². The second-order valence-electron chi connectivity index (χ2n) is 8.32. The molecule has 0 aliphatic carbocycles. The SMILES string of the molecule is Nc1cccc(-n2c3ccccc3c3ccc4c(c5ccccc5n4-c4ccccc4)c32)n1. The fraction of sp³-hybridized carbons (Fsp3) is 0. The van der Waals surface area contributed by atoms with E-state index in [1.165, 1.54) is 32.6 Å². The van der Waals surface area contributed by atoms with Crippen molar-refractivity contribution >= 4 is 49.4 Å². The molecule has 156 valence electrons. The fourth-order valence-electron chi connectivity index (χ4n) is 5.17. The van der Waals surface area contributed by atoms with Crippen molar-refractivity contribution in [1.29, 1.82) is 0 Å². The molecule has 7 rings (SSSR count). The second kappa shape index (κ2) is 6.71. The van der Waals surface area contributed by atoms with Crippen LogP contribution in [0, 0.1) is 0 Å². The van der Waals surface area contributed by atoms with Gasteiger partial charge in [-0.25, -0.2) is 4.98 Å². The predicted molar refractivity (Wildman–Crippen MR) is 137 cm³/mol. The zero-order chi connectivity index (χ0) is 21.9. The van der Waals surface area contributed by atoms with E-state index >= 15 is 0 Å². The molecule has 7 aromatic rings. The highest BCUT2D eigenvalue weighted by molar-refractivity contribution is 6.26. The number of benzene rings is 4. The van der Waals surface area contributed by atoms with E-state index in [4.69, 9.17) is 10.7 Å². The minimum atomic E-state index is 0.511. The molecule has 0 radical (unpaired) electrons. The third-order valence-electron chi connectivity index (χ3n) is 6.47. The summed E-state index contributed by atoms with van der Waals surface area (Å²) < 4.78 is 4.60. The second-order valence-corrected chi connectivity index (χ2v) is 8.32. The summed E-state index contributed by atoms with van der Waals surface area (Å²) >= 11 is 0. The topological polar surface area (TPSA) is 48.8 Å². The average Bonchev–Trinajstić information content (AvgIpc) is 3.37. The van der Waals surface area contributed by atoms with E-state index in [9.17, 15) is 0 Å². The molecule has 0 bridgehead atoms. The summed E-state index contributed by atoms with van der Waals surface area (Å²) in [6.45, 7) is 0. The lowest BCUT2D eigenvalue weighted by atomic mass is 10.1. The van der Waals surface area contributed by atoms with Crippen molar-refractivity contribution in [2.24, 2.45) is 0 Å². The van der Waals surface area contributed by atoms with Crippen LogP contribution in [0.2, 0.25) is 0 Å². The van der Waals surface area contributed by atoms with Gasteiger partial charge in [0.1, 0.15) is 11.6 Å². The molecule has 4 aromatic carbocycles. The molecule has 0 aliphatic rings. The Hall–Kier alpha value is -4.57. The Bertz CT molecular complexity index is 1820. The summed E-state index contributed by atoms with van der Waals surface area (Å²) in [5.74, 6) is 1.34. The number of hydrogen-bond acceptors (Lipinski definition) is 2. The Morgan fingerprint density at radius 2 is 1.21 bits per heavy atom. The average molecular weight is 425 g/mol. The molecule has 0 aliphatic heterocycles. The van der Waals surface area contributed by atoms with Crippen LogP contribution in [0.1, 0.15) is 0 Å². The Morgan fingerprint density at radius 3 is 2.00 bits per heavy atom. The molecule has 0 saturated heterocycles. The largest absolute Gasteiger partial charge is 0.384 e. The quantitative estimate of drug-likeness (QED) is 0.330. The first-order chi connectivity index (χ1) is 16.3. The maximum absolute atomic E-state index is 6.11. The van der Waals surface area contributed by atoms with Crippen molar-refractivity contribution in [2.45, 2.75) is 0 Å². The summed E-state index contributed by atoms with van der Waals surface area (Å²) in [6.07, 6.45) is 0. The fourth-order valence-corrected chi connectivity index (χ4v) is 5.17. The highest BCUT2D eigenvalue weighted by Gasteiger charge is 2.20. The number of pyridine rings is 1. The molecule has 3 heterocycles. The van der Waals surface area contributed by atoms with Gasteiger partial charge in [-0.15, -0.1) is 0 Å². The molecule has 4 heteroatoms. The lowest BCUT2D eigenvalue weighted by Gasteiger charge is -2.09.